The van der Waals surface area contributed by atoms with Gasteiger partial charge in [0, 0.05) is 12.1 Å². The number of nitrogens with zero attached hydrogens (tertiary/aromatic N) is 2. The van der Waals surface area contributed by atoms with Gasteiger partial charge < -0.3 is 5.73 Å². The molecule has 0 aliphatic carbocycles. The highest BCUT2D eigenvalue weighted by Gasteiger charge is 2.15. The number of nitrogen functional groups attached to an aromatic ring is 1. The summed E-state index contributed by atoms with van der Waals surface area (Å²) in [6.45, 7) is 1.92. The van der Waals surface area contributed by atoms with Crippen LogP contribution in [0.3, 0.4) is 0 Å². The number of benzene rings is 1. The van der Waals surface area contributed by atoms with Gasteiger partial charge in [0.05, 0.1) is 4.90 Å². The first-order valence-corrected chi connectivity index (χ1v) is 6.44. The summed E-state index contributed by atoms with van der Waals surface area (Å²) in [5, 5.41) is 0. The van der Waals surface area contributed by atoms with Crippen LogP contribution in [0, 0.1) is 11.6 Å². The number of rotatable bonds is 3. The standard InChI is InChI=1S/C10H9F2N3S2/c1-2-7-14-10(17-15-7)16-9-6(13)4-3-5(11)8(9)12/h3-4H,2,13H2,1H3. The van der Waals surface area contributed by atoms with E-state index in [0.717, 1.165) is 29.4 Å². The maximum Gasteiger partial charge on any atom is 0.175 e. The molecule has 2 rings (SSSR count). The monoisotopic (exact) mass is 273 g/mol. The van der Waals surface area contributed by atoms with E-state index in [4.69, 9.17) is 5.73 Å². The van der Waals surface area contributed by atoms with Crippen LogP contribution in [0.15, 0.2) is 21.4 Å². The summed E-state index contributed by atoms with van der Waals surface area (Å²) in [6.07, 6.45) is 0.707. The topological polar surface area (TPSA) is 51.8 Å². The molecule has 90 valence electrons. The zero-order chi connectivity index (χ0) is 12.4. The van der Waals surface area contributed by atoms with Crippen molar-refractivity contribution in [2.45, 2.75) is 22.6 Å². The summed E-state index contributed by atoms with van der Waals surface area (Å²) in [7, 11) is 0. The molecule has 0 amide bonds. The Balaban J connectivity index is 2.32. The van der Waals surface area contributed by atoms with Crippen molar-refractivity contribution in [1.82, 2.24) is 9.36 Å². The second kappa shape index (κ2) is 4.97. The first kappa shape index (κ1) is 12.3. The van der Waals surface area contributed by atoms with Gasteiger partial charge in [0.2, 0.25) is 0 Å². The average Bonchev–Trinajstić information content (AvgIpc) is 2.77. The van der Waals surface area contributed by atoms with Crippen LogP contribution in [-0.2, 0) is 6.42 Å². The predicted octanol–water partition coefficient (Wildman–Crippen LogP) is 3.11. The Hall–Kier alpha value is -1.21. The van der Waals surface area contributed by atoms with Crippen molar-refractivity contribution >= 4 is 29.0 Å². The minimum Gasteiger partial charge on any atom is -0.398 e. The molecule has 7 heteroatoms. The number of aryl methyl sites for hydroxylation is 1. The van der Waals surface area contributed by atoms with Crippen LogP contribution in [0.5, 0.6) is 0 Å². The van der Waals surface area contributed by atoms with E-state index in [2.05, 4.69) is 9.36 Å². The van der Waals surface area contributed by atoms with Crippen LogP contribution in [0.2, 0.25) is 0 Å². The lowest BCUT2D eigenvalue weighted by Gasteiger charge is -2.04. The second-order valence-corrected chi connectivity index (χ2v) is 5.22. The van der Waals surface area contributed by atoms with E-state index >= 15 is 0 Å². The Kier molecular flexibility index (Phi) is 3.58. The molecular formula is C10H9F2N3S2. The molecule has 1 aromatic heterocycles. The van der Waals surface area contributed by atoms with E-state index in [-0.39, 0.29) is 10.6 Å². The Morgan fingerprint density at radius 1 is 1.41 bits per heavy atom. The third-order valence-corrected chi connectivity index (χ3v) is 3.94. The number of nitrogens with two attached hydrogens (primary N) is 1. The third-order valence-electron chi connectivity index (χ3n) is 2.04. The molecule has 0 radical (unpaired) electrons. The summed E-state index contributed by atoms with van der Waals surface area (Å²) in [6, 6.07) is 2.34. The predicted molar refractivity (Wildman–Crippen MR) is 64.2 cm³/mol. The minimum atomic E-state index is -0.941. The lowest BCUT2D eigenvalue weighted by molar-refractivity contribution is 0.492. The first-order valence-electron chi connectivity index (χ1n) is 4.85. The van der Waals surface area contributed by atoms with Crippen molar-refractivity contribution in [1.29, 1.82) is 0 Å². The molecule has 1 heterocycles. The van der Waals surface area contributed by atoms with Gasteiger partial charge in [-0.25, -0.2) is 13.8 Å². The summed E-state index contributed by atoms with van der Waals surface area (Å²) in [5.41, 5.74) is 5.80. The minimum absolute atomic E-state index is 0.0591. The quantitative estimate of drug-likeness (QED) is 0.873. The number of anilines is 1. The summed E-state index contributed by atoms with van der Waals surface area (Å²) < 4.78 is 31.2. The largest absolute Gasteiger partial charge is 0.398 e. The van der Waals surface area contributed by atoms with Crippen LogP contribution in [-0.4, -0.2) is 9.36 Å². The molecule has 0 bridgehead atoms. The lowest BCUT2D eigenvalue weighted by Crippen LogP contribution is -1.95. The molecule has 0 atom stereocenters. The normalized spacial score (nSPS) is 10.8. The fraction of sp³-hybridized carbons (Fsp3) is 0.200. The van der Waals surface area contributed by atoms with E-state index in [1.54, 1.807) is 0 Å². The van der Waals surface area contributed by atoms with Gasteiger partial charge in [-0.05, 0) is 23.7 Å². The van der Waals surface area contributed by atoms with Crippen molar-refractivity contribution < 1.29 is 8.78 Å². The van der Waals surface area contributed by atoms with Crippen molar-refractivity contribution in [2.24, 2.45) is 0 Å². The molecule has 3 nitrogen and oxygen atoms in total. The van der Waals surface area contributed by atoms with Gasteiger partial charge in [-0.1, -0.05) is 18.7 Å². The van der Waals surface area contributed by atoms with E-state index in [0.29, 0.717) is 16.6 Å². The van der Waals surface area contributed by atoms with E-state index in [9.17, 15) is 8.78 Å². The summed E-state index contributed by atoms with van der Waals surface area (Å²) in [4.78, 5) is 4.22. The Bertz CT molecular complexity index is 542. The van der Waals surface area contributed by atoms with Gasteiger partial charge in [-0.15, -0.1) is 0 Å². The van der Waals surface area contributed by atoms with Crippen molar-refractivity contribution in [3.05, 3.63) is 29.6 Å². The highest BCUT2D eigenvalue weighted by Crippen LogP contribution is 2.35. The van der Waals surface area contributed by atoms with E-state index in [1.807, 2.05) is 6.92 Å². The van der Waals surface area contributed by atoms with Crippen LogP contribution >= 0.6 is 23.3 Å². The molecular weight excluding hydrogens is 264 g/mol. The molecule has 0 aliphatic heterocycles. The molecule has 2 aromatic rings. The first-order chi connectivity index (χ1) is 8.11. The Labute approximate surface area is 105 Å². The van der Waals surface area contributed by atoms with E-state index < -0.39 is 11.6 Å². The Morgan fingerprint density at radius 3 is 2.82 bits per heavy atom. The van der Waals surface area contributed by atoms with Gasteiger partial charge in [0.15, 0.2) is 16.0 Å². The average molecular weight is 273 g/mol. The number of aromatic nitrogens is 2. The Morgan fingerprint density at radius 2 is 2.18 bits per heavy atom. The van der Waals surface area contributed by atoms with Crippen LogP contribution < -0.4 is 5.73 Å². The summed E-state index contributed by atoms with van der Waals surface area (Å²) in [5.74, 6) is -1.17. The molecule has 2 N–H and O–H groups in total. The maximum absolute atomic E-state index is 13.5. The highest BCUT2D eigenvalue weighted by atomic mass is 32.2. The smallest absolute Gasteiger partial charge is 0.175 e. The fourth-order valence-electron chi connectivity index (χ4n) is 1.16. The SMILES string of the molecule is CCc1nsc(Sc2c(N)ccc(F)c2F)n1. The molecule has 0 spiro atoms. The van der Waals surface area contributed by atoms with Gasteiger partial charge in [-0.2, -0.15) is 4.37 Å². The number of hydrogen-bond donors (Lipinski definition) is 1. The highest BCUT2D eigenvalue weighted by molar-refractivity contribution is 8.01. The lowest BCUT2D eigenvalue weighted by atomic mass is 10.3. The van der Waals surface area contributed by atoms with Gasteiger partial charge >= 0.3 is 0 Å². The zero-order valence-corrected chi connectivity index (χ0v) is 10.5. The number of halogens is 2. The third kappa shape index (κ3) is 2.55. The molecule has 17 heavy (non-hydrogen) atoms. The fourth-order valence-corrected chi connectivity index (χ4v) is 2.87. The molecule has 0 saturated carbocycles. The molecule has 0 fully saturated rings. The van der Waals surface area contributed by atoms with Crippen molar-refractivity contribution in [3.63, 3.8) is 0 Å². The van der Waals surface area contributed by atoms with Crippen LogP contribution in [0.4, 0.5) is 14.5 Å². The van der Waals surface area contributed by atoms with Gasteiger partial charge in [0.1, 0.15) is 5.82 Å². The molecule has 0 saturated heterocycles. The molecule has 0 unspecified atom stereocenters. The van der Waals surface area contributed by atoms with Crippen molar-refractivity contribution in [2.75, 3.05) is 5.73 Å². The van der Waals surface area contributed by atoms with Crippen LogP contribution in [0.1, 0.15) is 12.7 Å². The number of hydrogen-bond acceptors (Lipinski definition) is 5. The van der Waals surface area contributed by atoms with E-state index in [1.165, 1.54) is 6.07 Å². The second-order valence-electron chi connectivity index (χ2n) is 3.21. The maximum atomic E-state index is 13.5. The van der Waals surface area contributed by atoms with Crippen LogP contribution in [0.25, 0.3) is 0 Å². The summed E-state index contributed by atoms with van der Waals surface area (Å²) >= 11 is 2.15. The van der Waals surface area contributed by atoms with Gasteiger partial charge in [-0.3, -0.25) is 0 Å². The van der Waals surface area contributed by atoms with Crippen molar-refractivity contribution in [3.8, 4) is 0 Å². The molecule has 1 aromatic carbocycles. The molecule has 0 aliphatic rings. The van der Waals surface area contributed by atoms with Gasteiger partial charge in [0.25, 0.3) is 0 Å². The zero-order valence-electron chi connectivity index (χ0n) is 8.91.